The van der Waals surface area contributed by atoms with Crippen LogP contribution >= 0.6 is 0 Å². The lowest BCUT2D eigenvalue weighted by Gasteiger charge is -2.15. The van der Waals surface area contributed by atoms with E-state index >= 15 is 0 Å². The van der Waals surface area contributed by atoms with Gasteiger partial charge in [-0.05, 0) is 30.7 Å². The topological polar surface area (TPSA) is 80.3 Å². The molecule has 2 heterocycles. The lowest BCUT2D eigenvalue weighted by Crippen LogP contribution is -2.30. The van der Waals surface area contributed by atoms with E-state index in [0.717, 1.165) is 5.56 Å². The molecule has 1 saturated heterocycles. The molecule has 1 fully saturated rings. The zero-order chi connectivity index (χ0) is 16.1. The molecule has 2 N–H and O–H groups in total. The molecule has 0 bridgehead atoms. The third-order valence-corrected chi connectivity index (χ3v) is 5.46. The molecule has 0 saturated carbocycles. The minimum absolute atomic E-state index is 0.232. The Balaban J connectivity index is 1.73. The van der Waals surface area contributed by atoms with Gasteiger partial charge in [0.15, 0.2) is 11.6 Å². The second kappa shape index (κ2) is 6.97. The van der Waals surface area contributed by atoms with Crippen molar-refractivity contribution in [3.05, 3.63) is 54.2 Å². The molecule has 0 aliphatic carbocycles. The fourth-order valence-corrected chi connectivity index (χ4v) is 3.78. The summed E-state index contributed by atoms with van der Waals surface area (Å²) in [6.45, 7) is 1.53. The van der Waals surface area contributed by atoms with Gasteiger partial charge < -0.3 is 10.1 Å². The number of nitrogens with zero attached hydrogens (tertiary/aromatic N) is 1. The van der Waals surface area contributed by atoms with Crippen LogP contribution in [-0.4, -0.2) is 31.7 Å². The average Bonchev–Trinajstić information content (AvgIpc) is 3.10. The van der Waals surface area contributed by atoms with Gasteiger partial charge in [-0.1, -0.05) is 30.3 Å². The van der Waals surface area contributed by atoms with E-state index in [1.54, 1.807) is 18.3 Å². The molecule has 1 aliphatic rings. The lowest BCUT2D eigenvalue weighted by molar-refractivity contribution is 0.307. The van der Waals surface area contributed by atoms with Gasteiger partial charge in [0.05, 0.1) is 5.25 Å². The largest absolute Gasteiger partial charge is 0.485 e. The number of ether oxygens (including phenoxy) is 1. The van der Waals surface area contributed by atoms with Gasteiger partial charge in [0.1, 0.15) is 6.61 Å². The summed E-state index contributed by atoms with van der Waals surface area (Å²) in [6.07, 6.45) is 2.14. The molecule has 6 nitrogen and oxygen atoms in total. The van der Waals surface area contributed by atoms with Gasteiger partial charge in [0.2, 0.25) is 10.0 Å². The highest BCUT2D eigenvalue weighted by atomic mass is 32.2. The van der Waals surface area contributed by atoms with Crippen LogP contribution in [0, 0.1) is 0 Å². The summed E-state index contributed by atoms with van der Waals surface area (Å²) in [6, 6.07) is 13.1. The molecule has 1 aromatic heterocycles. The zero-order valence-electron chi connectivity index (χ0n) is 12.6. The number of pyridine rings is 1. The van der Waals surface area contributed by atoms with E-state index in [0.29, 0.717) is 31.9 Å². The molecule has 0 spiro atoms. The Kier molecular flexibility index (Phi) is 4.78. The van der Waals surface area contributed by atoms with Gasteiger partial charge >= 0.3 is 0 Å². The van der Waals surface area contributed by atoms with Crippen molar-refractivity contribution < 1.29 is 13.2 Å². The van der Waals surface area contributed by atoms with Crippen molar-refractivity contribution in [1.82, 2.24) is 10.3 Å². The van der Waals surface area contributed by atoms with E-state index in [9.17, 15) is 8.42 Å². The number of nitrogens with one attached hydrogen (secondary N) is 2. The number of anilines is 1. The molecule has 2 aromatic rings. The van der Waals surface area contributed by atoms with E-state index in [4.69, 9.17) is 4.74 Å². The summed E-state index contributed by atoms with van der Waals surface area (Å²) < 4.78 is 33.1. The van der Waals surface area contributed by atoms with Crippen molar-refractivity contribution in [3.8, 4) is 5.75 Å². The monoisotopic (exact) mass is 333 g/mol. The van der Waals surface area contributed by atoms with E-state index in [1.807, 2.05) is 30.3 Å². The first-order chi connectivity index (χ1) is 11.1. The van der Waals surface area contributed by atoms with Gasteiger partial charge in [0.25, 0.3) is 0 Å². The second-order valence-electron chi connectivity index (χ2n) is 5.39. The van der Waals surface area contributed by atoms with E-state index < -0.39 is 15.3 Å². The minimum Gasteiger partial charge on any atom is -0.485 e. The molecular weight excluding hydrogens is 314 g/mol. The van der Waals surface area contributed by atoms with Crippen LogP contribution in [0.15, 0.2) is 48.7 Å². The number of hydrogen-bond donors (Lipinski definition) is 2. The standard InChI is InChI=1S/C16H19N3O3S/c20-23(21,14-8-10-17-11-14)19-16-15(7-4-9-18-16)22-12-13-5-2-1-3-6-13/h1-7,9,14,17H,8,10-12H2,(H,18,19). The van der Waals surface area contributed by atoms with Gasteiger partial charge in [0, 0.05) is 12.7 Å². The van der Waals surface area contributed by atoms with Crippen LogP contribution < -0.4 is 14.8 Å². The summed E-state index contributed by atoms with van der Waals surface area (Å²) in [5.74, 6) is 0.654. The first-order valence-electron chi connectivity index (χ1n) is 7.49. The summed E-state index contributed by atoms with van der Waals surface area (Å²) in [4.78, 5) is 4.11. The number of hydrogen-bond acceptors (Lipinski definition) is 5. The van der Waals surface area contributed by atoms with Crippen LogP contribution in [0.25, 0.3) is 0 Å². The van der Waals surface area contributed by atoms with Gasteiger partial charge in [-0.2, -0.15) is 0 Å². The summed E-state index contributed by atoms with van der Waals surface area (Å²) in [5.41, 5.74) is 1.00. The number of rotatable bonds is 6. The number of benzene rings is 1. The van der Waals surface area contributed by atoms with E-state index in [1.165, 1.54) is 0 Å². The van der Waals surface area contributed by atoms with Crippen molar-refractivity contribution in [3.63, 3.8) is 0 Å². The third kappa shape index (κ3) is 4.00. The van der Waals surface area contributed by atoms with Gasteiger partial charge in [-0.25, -0.2) is 13.4 Å². The Morgan fingerprint density at radius 2 is 2.04 bits per heavy atom. The van der Waals surface area contributed by atoms with Crippen molar-refractivity contribution in [1.29, 1.82) is 0 Å². The molecule has 1 aromatic carbocycles. The van der Waals surface area contributed by atoms with Crippen molar-refractivity contribution in [2.45, 2.75) is 18.3 Å². The molecule has 1 aliphatic heterocycles. The second-order valence-corrected chi connectivity index (χ2v) is 7.35. The Labute approximate surface area is 136 Å². The molecule has 0 amide bonds. The third-order valence-electron chi connectivity index (χ3n) is 3.70. The molecule has 122 valence electrons. The molecule has 3 rings (SSSR count). The quantitative estimate of drug-likeness (QED) is 0.842. The van der Waals surface area contributed by atoms with Crippen LogP contribution in [-0.2, 0) is 16.6 Å². The summed E-state index contributed by atoms with van der Waals surface area (Å²) in [7, 11) is -3.47. The van der Waals surface area contributed by atoms with E-state index in [-0.39, 0.29) is 5.82 Å². The maximum atomic E-state index is 12.4. The number of aromatic nitrogens is 1. The lowest BCUT2D eigenvalue weighted by atomic mass is 10.2. The predicted molar refractivity (Wildman–Crippen MR) is 88.8 cm³/mol. The molecule has 1 atom stereocenters. The normalized spacial score (nSPS) is 17.8. The SMILES string of the molecule is O=S(=O)(Nc1ncccc1OCc1ccccc1)C1CCNC1. The molecular formula is C16H19N3O3S. The Hall–Kier alpha value is -2.12. The molecule has 23 heavy (non-hydrogen) atoms. The van der Waals surface area contributed by atoms with Gasteiger partial charge in [-0.3, -0.25) is 4.72 Å². The van der Waals surface area contributed by atoms with Crippen molar-refractivity contribution in [2.75, 3.05) is 17.8 Å². The Morgan fingerprint density at radius 3 is 2.78 bits per heavy atom. The van der Waals surface area contributed by atoms with Crippen molar-refractivity contribution in [2.24, 2.45) is 0 Å². The number of sulfonamides is 1. The van der Waals surface area contributed by atoms with Crippen LogP contribution in [0.1, 0.15) is 12.0 Å². The molecule has 1 unspecified atom stereocenters. The van der Waals surface area contributed by atoms with Crippen LogP contribution in [0.3, 0.4) is 0 Å². The minimum atomic E-state index is -3.47. The highest BCUT2D eigenvalue weighted by molar-refractivity contribution is 7.93. The van der Waals surface area contributed by atoms with Crippen LogP contribution in [0.4, 0.5) is 5.82 Å². The fourth-order valence-electron chi connectivity index (χ4n) is 2.43. The smallest absolute Gasteiger partial charge is 0.238 e. The summed E-state index contributed by atoms with van der Waals surface area (Å²) >= 11 is 0. The maximum Gasteiger partial charge on any atom is 0.238 e. The maximum absolute atomic E-state index is 12.4. The highest BCUT2D eigenvalue weighted by Gasteiger charge is 2.29. The Bertz CT molecular complexity index is 744. The zero-order valence-corrected chi connectivity index (χ0v) is 13.4. The first kappa shape index (κ1) is 15.8. The first-order valence-corrected chi connectivity index (χ1v) is 9.04. The summed E-state index contributed by atoms with van der Waals surface area (Å²) in [5, 5.41) is 2.62. The van der Waals surface area contributed by atoms with Crippen molar-refractivity contribution >= 4 is 15.8 Å². The molecule has 7 heteroatoms. The fraction of sp³-hybridized carbons (Fsp3) is 0.312. The van der Waals surface area contributed by atoms with E-state index in [2.05, 4.69) is 15.0 Å². The van der Waals surface area contributed by atoms with Crippen LogP contribution in [0.2, 0.25) is 0 Å². The molecule has 0 radical (unpaired) electrons. The van der Waals surface area contributed by atoms with Crippen LogP contribution in [0.5, 0.6) is 5.75 Å². The Morgan fingerprint density at radius 1 is 1.22 bits per heavy atom. The van der Waals surface area contributed by atoms with Gasteiger partial charge in [-0.15, -0.1) is 0 Å². The predicted octanol–water partition coefficient (Wildman–Crippen LogP) is 1.76. The average molecular weight is 333 g/mol. The highest BCUT2D eigenvalue weighted by Crippen LogP contribution is 2.25.